The zero-order chi connectivity index (χ0) is 27.0. The normalized spacial score (nSPS) is 11.5. The predicted molar refractivity (Wildman–Crippen MR) is 129 cm³/mol. The Morgan fingerprint density at radius 2 is 1.51 bits per heavy atom. The minimum absolute atomic E-state index is 0.138. The Morgan fingerprint density at radius 1 is 1.00 bits per heavy atom. The van der Waals surface area contributed by atoms with Crippen LogP contribution in [0.2, 0.25) is 0 Å². The van der Waals surface area contributed by atoms with Crippen LogP contribution in [-0.4, -0.2) is 62.8 Å². The average molecular weight is 491 g/mol. The van der Waals surface area contributed by atoms with Crippen LogP contribution in [0.15, 0.2) is 54.6 Å². The molecule has 7 N–H and O–H groups in total. The van der Waals surface area contributed by atoms with Crippen molar-refractivity contribution in [1.29, 1.82) is 0 Å². The molecule has 2 aromatic rings. The molecule has 0 aliphatic carbocycles. The van der Waals surface area contributed by atoms with Crippen LogP contribution < -0.4 is 11.1 Å². The quantitative estimate of drug-likeness (QED) is 0.164. The van der Waals surface area contributed by atoms with Crippen LogP contribution in [0.4, 0.5) is 5.69 Å². The van der Waals surface area contributed by atoms with E-state index < -0.39 is 42.5 Å². The van der Waals surface area contributed by atoms with Gasteiger partial charge in [-0.15, -0.1) is 0 Å². The first-order chi connectivity index (χ1) is 16.4. The van der Waals surface area contributed by atoms with Gasteiger partial charge in [0.2, 0.25) is 0 Å². The molecule has 12 nitrogen and oxygen atoms in total. The van der Waals surface area contributed by atoms with E-state index in [-0.39, 0.29) is 17.7 Å². The van der Waals surface area contributed by atoms with E-state index in [2.05, 4.69) is 5.32 Å². The first-order valence-electron chi connectivity index (χ1n) is 10.4. The Bertz CT molecular complexity index is 941. The zero-order valence-corrected chi connectivity index (χ0v) is 19.4. The highest BCUT2D eigenvalue weighted by Gasteiger charge is 2.21. The Kier molecular flexibility index (Phi) is 14.9. The maximum atomic E-state index is 12.1. The van der Waals surface area contributed by atoms with Gasteiger partial charge in [-0.2, -0.15) is 0 Å². The standard InChI is InChI=1S/C16H14N2O5.C6H13NO2.BH3O2/c19-15(12-6-8-13(9-7-12)18(22)23)17-14(16(20)21)10-11-4-2-1-3-5-11;1-4(2)3-5(7)6(8)9;2-1-3/h1-9,14H,10H2,(H,17,19)(H,20,21);4-5H,3,7H2,1-2H3,(H,8,9);1-3H/t14-;5-;/m00./s1. The fourth-order valence-electron chi connectivity index (χ4n) is 2.63. The summed E-state index contributed by atoms with van der Waals surface area (Å²) in [6.45, 7) is 3.89. The van der Waals surface area contributed by atoms with Crippen LogP contribution in [0.25, 0.3) is 0 Å². The molecule has 0 unspecified atom stereocenters. The fraction of sp³-hybridized carbons (Fsp3) is 0.318. The molecule has 0 bridgehead atoms. The van der Waals surface area contributed by atoms with Crippen molar-refractivity contribution in [2.45, 2.75) is 38.8 Å². The van der Waals surface area contributed by atoms with Crippen molar-refractivity contribution < 1.29 is 39.6 Å². The van der Waals surface area contributed by atoms with Gasteiger partial charge in [0.05, 0.1) is 4.92 Å². The number of aliphatic carboxylic acids is 2. The molecule has 0 aliphatic heterocycles. The maximum absolute atomic E-state index is 12.1. The maximum Gasteiger partial charge on any atom is 0.432 e. The third kappa shape index (κ3) is 13.5. The van der Waals surface area contributed by atoms with Gasteiger partial charge in [-0.3, -0.25) is 19.7 Å². The summed E-state index contributed by atoms with van der Waals surface area (Å²) in [5.74, 6) is -2.30. The van der Waals surface area contributed by atoms with Gasteiger partial charge in [0.15, 0.2) is 0 Å². The Balaban J connectivity index is 0.000000806. The van der Waals surface area contributed by atoms with Crippen LogP contribution in [0.3, 0.4) is 0 Å². The largest absolute Gasteiger partial charge is 0.480 e. The predicted octanol–water partition coefficient (Wildman–Crippen LogP) is 0.702. The van der Waals surface area contributed by atoms with Crippen molar-refractivity contribution in [2.75, 3.05) is 0 Å². The summed E-state index contributed by atoms with van der Waals surface area (Å²) in [4.78, 5) is 43.5. The molecule has 2 atom stereocenters. The first-order valence-corrected chi connectivity index (χ1v) is 10.4. The third-order valence-electron chi connectivity index (χ3n) is 4.27. The summed E-state index contributed by atoms with van der Waals surface area (Å²) >= 11 is 0. The van der Waals surface area contributed by atoms with Gasteiger partial charge in [-0.25, -0.2) is 4.79 Å². The molecule has 0 aromatic heterocycles. The smallest absolute Gasteiger partial charge is 0.432 e. The van der Waals surface area contributed by atoms with E-state index in [0.29, 0.717) is 12.3 Å². The summed E-state index contributed by atoms with van der Waals surface area (Å²) in [6.07, 6.45) is 0.699. The molecule has 0 saturated carbocycles. The van der Waals surface area contributed by atoms with Crippen LogP contribution in [0.5, 0.6) is 0 Å². The third-order valence-corrected chi connectivity index (χ3v) is 4.27. The molecule has 0 heterocycles. The van der Waals surface area contributed by atoms with Gasteiger partial charge in [0.1, 0.15) is 12.1 Å². The Labute approximate surface area is 202 Å². The highest BCUT2D eigenvalue weighted by molar-refractivity contribution is 6.13. The molecule has 2 rings (SSSR count). The van der Waals surface area contributed by atoms with E-state index in [0.717, 1.165) is 5.56 Å². The molecule has 2 aromatic carbocycles. The van der Waals surface area contributed by atoms with E-state index in [1.165, 1.54) is 24.3 Å². The van der Waals surface area contributed by atoms with Crippen molar-refractivity contribution in [3.05, 3.63) is 75.8 Å². The summed E-state index contributed by atoms with van der Waals surface area (Å²) in [6, 6.07) is 12.1. The molecule has 1 amide bonds. The number of nitrogens with one attached hydrogen (secondary N) is 1. The second-order valence-electron chi connectivity index (χ2n) is 7.57. The van der Waals surface area contributed by atoms with Gasteiger partial charge in [-0.1, -0.05) is 44.2 Å². The lowest BCUT2D eigenvalue weighted by molar-refractivity contribution is -0.384. The number of amides is 1. The van der Waals surface area contributed by atoms with Crippen LogP contribution in [0.1, 0.15) is 36.2 Å². The SMILES string of the molecule is CC(C)C[C@H](N)C(=O)O.O=C(N[C@@H](Cc1ccccc1)C(=O)O)c1ccc([N+](=O)[O-])cc1.OBO. The highest BCUT2D eigenvalue weighted by Crippen LogP contribution is 2.12. The molecule has 0 fully saturated rings. The molecular weight excluding hydrogens is 461 g/mol. The Hall–Kier alpha value is -3.81. The number of non-ortho nitro benzene ring substituents is 1. The molecule has 190 valence electrons. The van der Waals surface area contributed by atoms with Crippen LogP contribution in [0, 0.1) is 16.0 Å². The molecule has 0 spiro atoms. The molecular formula is C22H30BN3O9. The molecule has 35 heavy (non-hydrogen) atoms. The zero-order valence-electron chi connectivity index (χ0n) is 19.4. The lowest BCUT2D eigenvalue weighted by atomic mass is 10.1. The van der Waals surface area contributed by atoms with Gasteiger partial charge in [0.25, 0.3) is 11.6 Å². The summed E-state index contributed by atoms with van der Waals surface area (Å²) in [7, 11) is -0.750. The number of hydrogen-bond acceptors (Lipinski definition) is 8. The van der Waals surface area contributed by atoms with Crippen molar-refractivity contribution in [2.24, 2.45) is 11.7 Å². The Morgan fingerprint density at radius 3 is 1.89 bits per heavy atom. The number of rotatable bonds is 9. The lowest BCUT2D eigenvalue weighted by Crippen LogP contribution is -2.42. The van der Waals surface area contributed by atoms with Gasteiger partial charge in [0, 0.05) is 24.1 Å². The average Bonchev–Trinajstić information content (AvgIpc) is 2.79. The van der Waals surface area contributed by atoms with E-state index in [1.54, 1.807) is 24.3 Å². The summed E-state index contributed by atoms with van der Waals surface area (Å²) < 4.78 is 0. The molecule has 0 radical (unpaired) electrons. The number of carboxylic acids is 2. The number of nitrogens with zero attached hydrogens (tertiary/aromatic N) is 1. The minimum Gasteiger partial charge on any atom is -0.480 e. The van der Waals surface area contributed by atoms with Crippen LogP contribution >= 0.6 is 0 Å². The first kappa shape index (κ1) is 31.2. The number of benzene rings is 2. The van der Waals surface area contributed by atoms with Crippen molar-refractivity contribution in [1.82, 2.24) is 5.32 Å². The van der Waals surface area contributed by atoms with E-state index >= 15 is 0 Å². The summed E-state index contributed by atoms with van der Waals surface area (Å²) in [5, 5.41) is 44.8. The van der Waals surface area contributed by atoms with E-state index in [9.17, 15) is 29.6 Å². The number of nitro benzene ring substituents is 1. The number of nitro groups is 1. The number of carboxylic acid groups (broad SMARTS) is 2. The van der Waals surface area contributed by atoms with E-state index in [4.69, 9.17) is 20.9 Å². The number of carbonyl (C=O) groups is 3. The monoisotopic (exact) mass is 491 g/mol. The topological polar surface area (TPSA) is 213 Å². The van der Waals surface area contributed by atoms with Gasteiger partial charge < -0.3 is 31.3 Å². The van der Waals surface area contributed by atoms with E-state index in [1.807, 2.05) is 19.9 Å². The van der Waals surface area contributed by atoms with Gasteiger partial charge in [-0.05, 0) is 30.0 Å². The minimum atomic E-state index is -1.15. The molecule has 0 saturated heterocycles. The van der Waals surface area contributed by atoms with Crippen molar-refractivity contribution in [3.8, 4) is 0 Å². The fourth-order valence-corrected chi connectivity index (χ4v) is 2.63. The second kappa shape index (κ2) is 16.8. The number of hydrogen-bond donors (Lipinski definition) is 6. The van der Waals surface area contributed by atoms with Crippen LogP contribution in [-0.2, 0) is 16.0 Å². The van der Waals surface area contributed by atoms with Gasteiger partial charge >= 0.3 is 19.6 Å². The number of nitrogens with two attached hydrogens (primary N) is 1. The second-order valence-corrected chi connectivity index (χ2v) is 7.57. The van der Waals surface area contributed by atoms with Crippen molar-refractivity contribution in [3.63, 3.8) is 0 Å². The molecule has 0 aliphatic rings. The number of carbonyl (C=O) groups excluding carboxylic acids is 1. The lowest BCUT2D eigenvalue weighted by Gasteiger charge is -2.14. The highest BCUT2D eigenvalue weighted by atomic mass is 16.6. The molecule has 13 heteroatoms. The van der Waals surface area contributed by atoms with Crippen molar-refractivity contribution >= 4 is 31.2 Å². The summed E-state index contributed by atoms with van der Waals surface area (Å²) in [5.41, 5.74) is 6.02.